The number of fused-ring (bicyclic) bond motifs is 1. The Bertz CT molecular complexity index is 922. The van der Waals surface area contributed by atoms with Gasteiger partial charge in [-0.05, 0) is 42.8 Å². The lowest BCUT2D eigenvalue weighted by Crippen LogP contribution is -2.36. The highest BCUT2D eigenvalue weighted by Gasteiger charge is 2.25. The number of aromatic nitrogens is 2. The minimum Gasteiger partial charge on any atom is -0.465 e. The molecule has 1 saturated heterocycles. The average molecular weight is 340 g/mol. The number of rotatable bonds is 3. The molecule has 1 aliphatic rings. The highest BCUT2D eigenvalue weighted by Crippen LogP contribution is 2.30. The largest absolute Gasteiger partial charge is 0.465 e. The second-order valence-corrected chi connectivity index (χ2v) is 6.12. The van der Waals surface area contributed by atoms with Crippen LogP contribution in [0.1, 0.15) is 6.42 Å². The van der Waals surface area contributed by atoms with E-state index in [-0.39, 0.29) is 11.9 Å². The molecular formula is C18H17FN4O2. The molecule has 0 unspecified atom stereocenters. The first kappa shape index (κ1) is 15.4. The zero-order chi connectivity index (χ0) is 17.4. The zero-order valence-corrected chi connectivity index (χ0v) is 13.4. The maximum atomic E-state index is 13.2. The Balaban J connectivity index is 1.68. The van der Waals surface area contributed by atoms with E-state index in [2.05, 4.69) is 15.3 Å². The lowest BCUT2D eigenvalue weighted by atomic mass is 10.2. The van der Waals surface area contributed by atoms with E-state index in [4.69, 9.17) is 5.11 Å². The molecular weight excluding hydrogens is 323 g/mol. The molecule has 4 rings (SSSR count). The van der Waals surface area contributed by atoms with E-state index in [0.717, 1.165) is 35.2 Å². The molecule has 128 valence electrons. The fraction of sp³-hybridized carbons (Fsp3) is 0.222. The van der Waals surface area contributed by atoms with Crippen molar-refractivity contribution in [1.29, 1.82) is 0 Å². The number of halogens is 1. The molecule has 1 atom stereocenters. The van der Waals surface area contributed by atoms with E-state index in [1.54, 1.807) is 23.0 Å². The standard InChI is InChI=1S/C18H17FN4O2/c19-12-4-6-14(7-5-12)23-17-3-1-2-16(15(17)10-20-23)22-9-8-13(11-22)21-18(24)25/h1-7,10,13,21H,8-9,11H2,(H,24,25)/t13-/m0/s1. The van der Waals surface area contributed by atoms with Gasteiger partial charge in [0.05, 0.1) is 23.4 Å². The van der Waals surface area contributed by atoms with E-state index in [0.29, 0.717) is 6.54 Å². The fourth-order valence-electron chi connectivity index (χ4n) is 3.37. The Kier molecular flexibility index (Phi) is 3.76. The number of carbonyl (C=O) groups is 1. The summed E-state index contributed by atoms with van der Waals surface area (Å²) in [5.74, 6) is -0.282. The molecule has 1 amide bonds. The van der Waals surface area contributed by atoms with E-state index >= 15 is 0 Å². The first-order chi connectivity index (χ1) is 12.1. The van der Waals surface area contributed by atoms with Crippen LogP contribution in [0.2, 0.25) is 0 Å². The second-order valence-electron chi connectivity index (χ2n) is 6.12. The third-order valence-corrected chi connectivity index (χ3v) is 4.52. The van der Waals surface area contributed by atoms with Crippen LogP contribution in [0.3, 0.4) is 0 Å². The molecule has 1 aliphatic heterocycles. The highest BCUT2D eigenvalue weighted by atomic mass is 19.1. The Morgan fingerprint density at radius 3 is 2.80 bits per heavy atom. The molecule has 0 bridgehead atoms. The zero-order valence-electron chi connectivity index (χ0n) is 13.4. The van der Waals surface area contributed by atoms with Gasteiger partial charge in [0.15, 0.2) is 0 Å². The van der Waals surface area contributed by atoms with Gasteiger partial charge in [0.25, 0.3) is 0 Å². The number of nitrogens with zero attached hydrogens (tertiary/aromatic N) is 3. The van der Waals surface area contributed by atoms with Crippen molar-refractivity contribution in [1.82, 2.24) is 15.1 Å². The number of nitrogens with one attached hydrogen (secondary N) is 1. The third kappa shape index (κ3) is 2.88. The summed E-state index contributed by atoms with van der Waals surface area (Å²) < 4.78 is 14.9. The summed E-state index contributed by atoms with van der Waals surface area (Å²) in [6.45, 7) is 1.42. The van der Waals surface area contributed by atoms with Gasteiger partial charge in [-0.1, -0.05) is 6.07 Å². The molecule has 1 fully saturated rings. The molecule has 2 heterocycles. The Morgan fingerprint density at radius 2 is 2.04 bits per heavy atom. The summed E-state index contributed by atoms with van der Waals surface area (Å²) in [5, 5.41) is 16.9. The van der Waals surface area contributed by atoms with Crippen molar-refractivity contribution in [3.8, 4) is 5.69 Å². The topological polar surface area (TPSA) is 70.4 Å². The number of hydrogen-bond acceptors (Lipinski definition) is 3. The summed E-state index contributed by atoms with van der Waals surface area (Å²) in [6, 6.07) is 12.1. The van der Waals surface area contributed by atoms with Crippen molar-refractivity contribution in [2.75, 3.05) is 18.0 Å². The van der Waals surface area contributed by atoms with Gasteiger partial charge < -0.3 is 15.3 Å². The first-order valence-electron chi connectivity index (χ1n) is 8.09. The van der Waals surface area contributed by atoms with Crippen LogP contribution in [0.25, 0.3) is 16.6 Å². The predicted octanol–water partition coefficient (Wildman–Crippen LogP) is 3.01. The van der Waals surface area contributed by atoms with Gasteiger partial charge in [-0.2, -0.15) is 5.10 Å². The van der Waals surface area contributed by atoms with Crippen LogP contribution in [0.15, 0.2) is 48.7 Å². The Hall–Kier alpha value is -3.09. The maximum Gasteiger partial charge on any atom is 0.404 e. The van der Waals surface area contributed by atoms with E-state index in [9.17, 15) is 9.18 Å². The van der Waals surface area contributed by atoms with Crippen molar-refractivity contribution in [3.63, 3.8) is 0 Å². The lowest BCUT2D eigenvalue weighted by molar-refractivity contribution is 0.191. The number of hydrogen-bond donors (Lipinski definition) is 2. The molecule has 25 heavy (non-hydrogen) atoms. The van der Waals surface area contributed by atoms with Gasteiger partial charge in [-0.3, -0.25) is 0 Å². The molecule has 1 aromatic heterocycles. The Labute approximate surface area is 143 Å². The number of anilines is 1. The average Bonchev–Trinajstić information content (AvgIpc) is 3.22. The molecule has 0 aliphatic carbocycles. The summed E-state index contributed by atoms with van der Waals surface area (Å²) in [5.41, 5.74) is 2.75. The molecule has 0 saturated carbocycles. The monoisotopic (exact) mass is 340 g/mol. The van der Waals surface area contributed by atoms with Crippen LogP contribution in [0.4, 0.5) is 14.9 Å². The van der Waals surface area contributed by atoms with Gasteiger partial charge >= 0.3 is 6.09 Å². The van der Waals surface area contributed by atoms with E-state index in [1.165, 1.54) is 12.1 Å². The molecule has 6 nitrogen and oxygen atoms in total. The normalized spacial score (nSPS) is 17.2. The number of carboxylic acid groups (broad SMARTS) is 1. The van der Waals surface area contributed by atoms with Crippen molar-refractivity contribution >= 4 is 22.7 Å². The highest BCUT2D eigenvalue weighted by molar-refractivity contribution is 5.93. The van der Waals surface area contributed by atoms with Crippen molar-refractivity contribution < 1.29 is 14.3 Å². The summed E-state index contributed by atoms with van der Waals surface area (Å²) in [6.07, 6.45) is 1.58. The van der Waals surface area contributed by atoms with Crippen LogP contribution in [0.5, 0.6) is 0 Å². The maximum absolute atomic E-state index is 13.2. The van der Waals surface area contributed by atoms with Gasteiger partial charge in [0, 0.05) is 24.2 Å². The first-order valence-corrected chi connectivity index (χ1v) is 8.09. The van der Waals surface area contributed by atoms with Gasteiger partial charge in [0.2, 0.25) is 0 Å². The molecule has 2 aromatic carbocycles. The molecule has 7 heteroatoms. The quantitative estimate of drug-likeness (QED) is 0.769. The fourth-order valence-corrected chi connectivity index (χ4v) is 3.37. The van der Waals surface area contributed by atoms with Gasteiger partial charge in [-0.15, -0.1) is 0 Å². The van der Waals surface area contributed by atoms with Crippen molar-refractivity contribution in [3.05, 3.63) is 54.5 Å². The summed E-state index contributed by atoms with van der Waals surface area (Å²) in [7, 11) is 0. The minimum atomic E-state index is -0.991. The van der Waals surface area contributed by atoms with Gasteiger partial charge in [-0.25, -0.2) is 13.9 Å². The molecule has 3 aromatic rings. The van der Waals surface area contributed by atoms with E-state index in [1.807, 2.05) is 18.2 Å². The molecule has 2 N–H and O–H groups in total. The minimum absolute atomic E-state index is 0.0695. The van der Waals surface area contributed by atoms with Gasteiger partial charge in [0.1, 0.15) is 5.82 Å². The predicted molar refractivity (Wildman–Crippen MR) is 92.8 cm³/mol. The van der Waals surface area contributed by atoms with Crippen LogP contribution in [0, 0.1) is 5.82 Å². The summed E-state index contributed by atoms with van der Waals surface area (Å²) >= 11 is 0. The van der Waals surface area contributed by atoms with Crippen LogP contribution >= 0.6 is 0 Å². The van der Waals surface area contributed by atoms with Crippen LogP contribution in [-0.4, -0.2) is 40.1 Å². The van der Waals surface area contributed by atoms with Crippen molar-refractivity contribution in [2.45, 2.75) is 12.5 Å². The SMILES string of the molecule is O=C(O)N[C@H]1CCN(c2cccc3c2cnn3-c2ccc(F)cc2)C1. The molecule has 0 radical (unpaired) electrons. The van der Waals surface area contributed by atoms with Crippen molar-refractivity contribution in [2.24, 2.45) is 0 Å². The lowest BCUT2D eigenvalue weighted by Gasteiger charge is -2.19. The number of benzene rings is 2. The molecule has 0 spiro atoms. The van der Waals surface area contributed by atoms with Crippen LogP contribution < -0.4 is 10.2 Å². The van der Waals surface area contributed by atoms with E-state index < -0.39 is 6.09 Å². The second kappa shape index (κ2) is 6.08. The third-order valence-electron chi connectivity index (χ3n) is 4.52. The van der Waals surface area contributed by atoms with Crippen LogP contribution in [-0.2, 0) is 0 Å². The summed E-state index contributed by atoms with van der Waals surface area (Å²) in [4.78, 5) is 13.0. The number of amides is 1. The smallest absolute Gasteiger partial charge is 0.404 e. The Morgan fingerprint density at radius 1 is 1.24 bits per heavy atom.